The van der Waals surface area contributed by atoms with Gasteiger partial charge in [-0.15, -0.1) is 0 Å². The maximum Gasteiger partial charge on any atom is 0.305 e. The third kappa shape index (κ3) is 4.49. The lowest BCUT2D eigenvalue weighted by Gasteiger charge is -2.25. The van der Waals surface area contributed by atoms with E-state index < -0.39 is 5.97 Å². The van der Waals surface area contributed by atoms with Crippen LogP contribution in [0.3, 0.4) is 0 Å². The van der Waals surface area contributed by atoms with Crippen molar-refractivity contribution in [3.63, 3.8) is 0 Å². The van der Waals surface area contributed by atoms with Gasteiger partial charge in [0, 0.05) is 17.6 Å². The fraction of sp³-hybridized carbons (Fsp3) is 0.188. The van der Waals surface area contributed by atoms with Gasteiger partial charge in [-0.3, -0.25) is 4.79 Å². The smallest absolute Gasteiger partial charge is 0.305 e. The molecule has 5 heteroatoms. The van der Waals surface area contributed by atoms with E-state index in [0.29, 0.717) is 18.8 Å². The quantitative estimate of drug-likeness (QED) is 0.784. The number of nitrogens with zero attached hydrogens (tertiary/aromatic N) is 1. The Labute approximate surface area is 132 Å². The summed E-state index contributed by atoms with van der Waals surface area (Å²) in [6, 6.07) is 15.5. The van der Waals surface area contributed by atoms with Crippen molar-refractivity contribution in [3.8, 4) is 0 Å². The number of nitrogen functional groups attached to an aromatic ring is 1. The van der Waals surface area contributed by atoms with Crippen molar-refractivity contribution in [2.75, 3.05) is 17.2 Å². The molecule has 110 valence electrons. The van der Waals surface area contributed by atoms with Gasteiger partial charge in [0.25, 0.3) is 0 Å². The number of carbonyl (C=O) groups is 1. The van der Waals surface area contributed by atoms with Crippen molar-refractivity contribution in [3.05, 3.63) is 58.6 Å². The van der Waals surface area contributed by atoms with Crippen molar-refractivity contribution >= 4 is 33.3 Å². The zero-order valence-corrected chi connectivity index (χ0v) is 13.1. The molecule has 0 spiro atoms. The number of aliphatic carboxylic acids is 1. The number of hydrogen-bond acceptors (Lipinski definition) is 3. The third-order valence-electron chi connectivity index (χ3n) is 3.14. The molecule has 2 aromatic carbocycles. The summed E-state index contributed by atoms with van der Waals surface area (Å²) in [5.41, 5.74) is 8.62. The van der Waals surface area contributed by atoms with Crippen LogP contribution in [0.25, 0.3) is 0 Å². The number of anilines is 2. The molecule has 0 saturated heterocycles. The lowest BCUT2D eigenvalue weighted by molar-refractivity contribution is -0.136. The fourth-order valence-electron chi connectivity index (χ4n) is 2.15. The molecule has 0 aliphatic heterocycles. The lowest BCUT2D eigenvalue weighted by atomic mass is 10.1. The molecule has 0 aliphatic rings. The monoisotopic (exact) mass is 348 g/mol. The number of carboxylic acids is 1. The van der Waals surface area contributed by atoms with Gasteiger partial charge < -0.3 is 15.7 Å². The van der Waals surface area contributed by atoms with Crippen molar-refractivity contribution in [2.24, 2.45) is 0 Å². The van der Waals surface area contributed by atoms with Gasteiger partial charge >= 0.3 is 5.97 Å². The molecule has 21 heavy (non-hydrogen) atoms. The summed E-state index contributed by atoms with van der Waals surface area (Å²) < 4.78 is 0.999. The lowest BCUT2D eigenvalue weighted by Crippen LogP contribution is -2.26. The van der Waals surface area contributed by atoms with E-state index in [9.17, 15) is 4.79 Å². The average molecular weight is 349 g/mol. The molecule has 0 unspecified atom stereocenters. The second kappa shape index (κ2) is 7.13. The number of benzene rings is 2. The molecule has 0 radical (unpaired) electrons. The summed E-state index contributed by atoms with van der Waals surface area (Å²) in [4.78, 5) is 12.9. The fourth-order valence-corrected chi connectivity index (χ4v) is 2.59. The molecule has 0 aromatic heterocycles. The first-order valence-electron chi connectivity index (χ1n) is 6.62. The molecular weight excluding hydrogens is 332 g/mol. The maximum atomic E-state index is 10.9. The summed E-state index contributed by atoms with van der Waals surface area (Å²) in [6.45, 7) is 1.02. The van der Waals surface area contributed by atoms with E-state index in [0.717, 1.165) is 15.7 Å². The number of para-hydroxylation sites is 2. The van der Waals surface area contributed by atoms with Crippen LogP contribution in [-0.4, -0.2) is 17.6 Å². The summed E-state index contributed by atoms with van der Waals surface area (Å²) >= 11 is 3.45. The number of rotatable bonds is 6. The topological polar surface area (TPSA) is 66.6 Å². The van der Waals surface area contributed by atoms with Gasteiger partial charge in [-0.25, -0.2) is 0 Å². The molecule has 2 rings (SSSR count). The zero-order valence-electron chi connectivity index (χ0n) is 11.5. The van der Waals surface area contributed by atoms with Gasteiger partial charge in [-0.2, -0.15) is 0 Å². The minimum atomic E-state index is -0.816. The minimum Gasteiger partial charge on any atom is -0.481 e. The van der Waals surface area contributed by atoms with E-state index in [1.807, 2.05) is 53.4 Å². The first kappa shape index (κ1) is 15.4. The predicted molar refractivity (Wildman–Crippen MR) is 88.3 cm³/mol. The van der Waals surface area contributed by atoms with Gasteiger partial charge in [0.1, 0.15) is 0 Å². The van der Waals surface area contributed by atoms with Gasteiger partial charge in [0.15, 0.2) is 0 Å². The van der Waals surface area contributed by atoms with E-state index in [1.54, 1.807) is 0 Å². The first-order valence-corrected chi connectivity index (χ1v) is 7.41. The Kier molecular flexibility index (Phi) is 5.22. The Bertz CT molecular complexity index is 631. The zero-order chi connectivity index (χ0) is 15.2. The molecule has 0 atom stereocenters. The molecular formula is C16H17BrN2O2. The van der Waals surface area contributed by atoms with Gasteiger partial charge in [0.2, 0.25) is 0 Å². The van der Waals surface area contributed by atoms with Crippen LogP contribution in [0, 0.1) is 0 Å². The molecule has 0 heterocycles. The van der Waals surface area contributed by atoms with Crippen LogP contribution in [-0.2, 0) is 11.3 Å². The number of carboxylic acid groups (broad SMARTS) is 1. The molecule has 4 nitrogen and oxygen atoms in total. The van der Waals surface area contributed by atoms with Crippen LogP contribution in [0.5, 0.6) is 0 Å². The Morgan fingerprint density at radius 1 is 1.19 bits per heavy atom. The summed E-state index contributed by atoms with van der Waals surface area (Å²) in [5, 5.41) is 8.92. The molecule has 0 bridgehead atoms. The third-order valence-corrected chi connectivity index (χ3v) is 3.63. The molecule has 0 saturated carbocycles. The highest BCUT2D eigenvalue weighted by molar-refractivity contribution is 9.10. The van der Waals surface area contributed by atoms with Crippen LogP contribution in [0.4, 0.5) is 11.4 Å². The van der Waals surface area contributed by atoms with E-state index in [1.165, 1.54) is 0 Å². The Balaban J connectivity index is 2.23. The largest absolute Gasteiger partial charge is 0.481 e. The second-order valence-electron chi connectivity index (χ2n) is 4.75. The predicted octanol–water partition coefficient (Wildman–Crippen LogP) is 3.51. The first-order chi connectivity index (χ1) is 10.1. The average Bonchev–Trinajstić information content (AvgIpc) is 2.44. The molecule has 3 N–H and O–H groups in total. The summed E-state index contributed by atoms with van der Waals surface area (Å²) in [6.07, 6.45) is 0.0718. The minimum absolute atomic E-state index is 0.0718. The molecule has 2 aromatic rings. The standard InChI is InChI=1S/C16H17BrN2O2/c17-13-5-3-4-12(10-13)11-19(9-8-16(20)21)15-7-2-1-6-14(15)18/h1-7,10H,8-9,11,18H2,(H,20,21). The van der Waals surface area contributed by atoms with Crippen LogP contribution >= 0.6 is 15.9 Å². The van der Waals surface area contributed by atoms with Gasteiger partial charge in [-0.1, -0.05) is 40.2 Å². The summed E-state index contributed by atoms with van der Waals surface area (Å²) in [7, 11) is 0. The number of nitrogens with two attached hydrogens (primary N) is 1. The van der Waals surface area contributed by atoms with Crippen molar-refractivity contribution in [1.82, 2.24) is 0 Å². The number of hydrogen-bond donors (Lipinski definition) is 2. The van der Waals surface area contributed by atoms with Crippen molar-refractivity contribution < 1.29 is 9.90 Å². The molecule has 0 amide bonds. The van der Waals surface area contributed by atoms with Crippen LogP contribution < -0.4 is 10.6 Å². The van der Waals surface area contributed by atoms with Crippen LogP contribution in [0.15, 0.2) is 53.0 Å². The molecule has 0 aliphatic carbocycles. The Morgan fingerprint density at radius 3 is 2.62 bits per heavy atom. The highest BCUT2D eigenvalue weighted by Gasteiger charge is 2.12. The van der Waals surface area contributed by atoms with Crippen molar-refractivity contribution in [2.45, 2.75) is 13.0 Å². The van der Waals surface area contributed by atoms with Gasteiger partial charge in [0.05, 0.1) is 17.8 Å². The van der Waals surface area contributed by atoms with Crippen molar-refractivity contribution in [1.29, 1.82) is 0 Å². The Hall–Kier alpha value is -2.01. The normalized spacial score (nSPS) is 10.3. The highest BCUT2D eigenvalue weighted by Crippen LogP contribution is 2.25. The van der Waals surface area contributed by atoms with E-state index >= 15 is 0 Å². The number of halogens is 1. The van der Waals surface area contributed by atoms with E-state index in [-0.39, 0.29) is 6.42 Å². The van der Waals surface area contributed by atoms with E-state index in [2.05, 4.69) is 15.9 Å². The summed E-state index contributed by atoms with van der Waals surface area (Å²) in [5.74, 6) is -0.816. The maximum absolute atomic E-state index is 10.9. The second-order valence-corrected chi connectivity index (χ2v) is 5.67. The van der Waals surface area contributed by atoms with E-state index in [4.69, 9.17) is 10.8 Å². The SMILES string of the molecule is Nc1ccccc1N(CCC(=O)O)Cc1cccc(Br)c1. The van der Waals surface area contributed by atoms with Crippen LogP contribution in [0.1, 0.15) is 12.0 Å². The highest BCUT2D eigenvalue weighted by atomic mass is 79.9. The van der Waals surface area contributed by atoms with Gasteiger partial charge in [-0.05, 0) is 29.8 Å². The van der Waals surface area contributed by atoms with Crippen LogP contribution in [0.2, 0.25) is 0 Å². The molecule has 0 fully saturated rings. The Morgan fingerprint density at radius 2 is 1.95 bits per heavy atom.